The molecule has 2 aliphatic rings. The number of nitrogens with one attached hydrogen (secondary N) is 2. The number of hydrogen-bond donors (Lipinski definition) is 2. The van der Waals surface area contributed by atoms with Gasteiger partial charge >= 0.3 is 0 Å². The van der Waals surface area contributed by atoms with Crippen LogP contribution in [0.1, 0.15) is 26.3 Å². The zero-order chi connectivity index (χ0) is 17.1. The van der Waals surface area contributed by atoms with Crippen LogP contribution in [-0.2, 0) is 16.1 Å². The second kappa shape index (κ2) is 7.49. The molecule has 6 heteroatoms. The fraction of sp³-hybridized carbons (Fsp3) is 0.667. The molecule has 2 fully saturated rings. The molecule has 2 aliphatic heterocycles. The summed E-state index contributed by atoms with van der Waals surface area (Å²) in [6.45, 7) is 10.3. The lowest BCUT2D eigenvalue weighted by Crippen LogP contribution is -2.49. The van der Waals surface area contributed by atoms with E-state index in [1.54, 1.807) is 0 Å². The number of aromatic nitrogens is 1. The lowest BCUT2D eigenvalue weighted by atomic mass is 9.88. The molecule has 2 N–H and O–H groups in total. The molecule has 0 bridgehead atoms. The van der Waals surface area contributed by atoms with Crippen LogP contribution in [0.4, 0.5) is 5.82 Å². The van der Waals surface area contributed by atoms with Crippen molar-refractivity contribution in [3.63, 3.8) is 0 Å². The van der Waals surface area contributed by atoms with E-state index in [9.17, 15) is 4.79 Å². The maximum absolute atomic E-state index is 12.2. The molecule has 0 spiro atoms. The predicted octanol–water partition coefficient (Wildman–Crippen LogP) is 1.17. The highest BCUT2D eigenvalue weighted by Crippen LogP contribution is 2.19. The number of amides is 1. The normalized spacial score (nSPS) is 25.9. The molecule has 1 amide bonds. The van der Waals surface area contributed by atoms with Gasteiger partial charge in [0.2, 0.25) is 5.91 Å². The van der Waals surface area contributed by atoms with Crippen LogP contribution in [0.2, 0.25) is 0 Å². The number of hydrogen-bond acceptors (Lipinski definition) is 5. The maximum Gasteiger partial charge on any atom is 0.223 e. The summed E-state index contributed by atoms with van der Waals surface area (Å²) in [4.78, 5) is 19.0. The van der Waals surface area contributed by atoms with Crippen molar-refractivity contribution in [2.24, 2.45) is 11.8 Å². The van der Waals surface area contributed by atoms with Crippen molar-refractivity contribution in [3.05, 3.63) is 23.9 Å². The van der Waals surface area contributed by atoms with Gasteiger partial charge in [0.05, 0.1) is 12.2 Å². The third-order valence-electron chi connectivity index (χ3n) is 4.95. The fourth-order valence-corrected chi connectivity index (χ4v) is 3.30. The van der Waals surface area contributed by atoms with Gasteiger partial charge in [-0.1, -0.05) is 13.0 Å². The van der Waals surface area contributed by atoms with Gasteiger partial charge in [0.1, 0.15) is 5.82 Å². The zero-order valence-corrected chi connectivity index (χ0v) is 14.8. The monoisotopic (exact) mass is 332 g/mol. The zero-order valence-electron chi connectivity index (χ0n) is 14.8. The van der Waals surface area contributed by atoms with Crippen molar-refractivity contribution in [1.82, 2.24) is 15.6 Å². The molecule has 3 unspecified atom stereocenters. The Hall–Kier alpha value is -1.66. The quantitative estimate of drug-likeness (QED) is 0.847. The summed E-state index contributed by atoms with van der Waals surface area (Å²) >= 11 is 0. The van der Waals surface area contributed by atoms with Crippen LogP contribution in [0.25, 0.3) is 0 Å². The molecular weight excluding hydrogens is 304 g/mol. The van der Waals surface area contributed by atoms with E-state index >= 15 is 0 Å². The van der Waals surface area contributed by atoms with Gasteiger partial charge < -0.3 is 20.3 Å². The van der Waals surface area contributed by atoms with Gasteiger partial charge in [0, 0.05) is 31.7 Å². The van der Waals surface area contributed by atoms with Crippen LogP contribution in [0.5, 0.6) is 0 Å². The second-order valence-corrected chi connectivity index (χ2v) is 7.11. The largest absolute Gasteiger partial charge is 0.372 e. The SMILES string of the molecule is CC1CN(c2ccc(CNC(=O)C(C)C3CNC3)cn2)CC(C)O1. The summed E-state index contributed by atoms with van der Waals surface area (Å²) in [6, 6.07) is 4.08. The average molecular weight is 332 g/mol. The molecule has 3 atom stereocenters. The first kappa shape index (κ1) is 17.2. The van der Waals surface area contributed by atoms with Gasteiger partial charge in [-0.15, -0.1) is 0 Å². The Labute approximate surface area is 144 Å². The molecule has 0 saturated carbocycles. The van der Waals surface area contributed by atoms with Crippen LogP contribution >= 0.6 is 0 Å². The van der Waals surface area contributed by atoms with E-state index < -0.39 is 0 Å². The highest BCUT2D eigenvalue weighted by Gasteiger charge is 2.28. The first-order valence-electron chi connectivity index (χ1n) is 8.86. The molecule has 24 heavy (non-hydrogen) atoms. The topological polar surface area (TPSA) is 66.5 Å². The molecule has 0 radical (unpaired) electrons. The van der Waals surface area contributed by atoms with Crippen LogP contribution in [-0.4, -0.2) is 49.3 Å². The van der Waals surface area contributed by atoms with Crippen molar-refractivity contribution in [2.75, 3.05) is 31.1 Å². The van der Waals surface area contributed by atoms with Gasteiger partial charge in [-0.25, -0.2) is 4.98 Å². The minimum Gasteiger partial charge on any atom is -0.372 e. The molecule has 3 heterocycles. The van der Waals surface area contributed by atoms with Gasteiger partial charge in [-0.3, -0.25) is 4.79 Å². The first-order chi connectivity index (χ1) is 11.5. The molecule has 6 nitrogen and oxygen atoms in total. The lowest BCUT2D eigenvalue weighted by molar-refractivity contribution is -0.126. The Morgan fingerprint density at radius 1 is 1.38 bits per heavy atom. The number of carbonyl (C=O) groups is 1. The summed E-state index contributed by atoms with van der Waals surface area (Å²) in [5.41, 5.74) is 1.03. The smallest absolute Gasteiger partial charge is 0.223 e. The standard InChI is InChI=1S/C18H28N4O2/c1-12-10-22(11-13(2)24-12)17-5-4-15(6-20-17)7-21-18(23)14(3)16-8-19-9-16/h4-6,12-14,16,19H,7-11H2,1-3H3,(H,21,23). The molecule has 1 aromatic rings. The van der Waals surface area contributed by atoms with E-state index in [4.69, 9.17) is 4.74 Å². The Kier molecular flexibility index (Phi) is 5.36. The molecular formula is C18H28N4O2. The molecule has 3 rings (SSSR count). The van der Waals surface area contributed by atoms with Gasteiger partial charge in [-0.2, -0.15) is 0 Å². The summed E-state index contributed by atoms with van der Waals surface area (Å²) in [7, 11) is 0. The van der Waals surface area contributed by atoms with Crippen molar-refractivity contribution in [3.8, 4) is 0 Å². The van der Waals surface area contributed by atoms with Crippen molar-refractivity contribution < 1.29 is 9.53 Å². The highest BCUT2D eigenvalue weighted by molar-refractivity contribution is 5.78. The van der Waals surface area contributed by atoms with E-state index in [1.807, 2.05) is 25.3 Å². The van der Waals surface area contributed by atoms with Crippen molar-refractivity contribution >= 4 is 11.7 Å². The number of ether oxygens (including phenoxy) is 1. The highest BCUT2D eigenvalue weighted by atomic mass is 16.5. The third-order valence-corrected chi connectivity index (χ3v) is 4.95. The Bertz CT molecular complexity index is 549. The number of morpholine rings is 1. The van der Waals surface area contributed by atoms with Gasteiger partial charge in [-0.05, 0) is 44.5 Å². The number of rotatable bonds is 5. The minimum atomic E-state index is 0.0646. The summed E-state index contributed by atoms with van der Waals surface area (Å²) in [5.74, 6) is 1.63. The molecule has 132 valence electrons. The summed E-state index contributed by atoms with van der Waals surface area (Å²) < 4.78 is 5.76. The summed E-state index contributed by atoms with van der Waals surface area (Å²) in [6.07, 6.45) is 2.30. The van der Waals surface area contributed by atoms with Crippen LogP contribution in [0.15, 0.2) is 18.3 Å². The second-order valence-electron chi connectivity index (χ2n) is 7.11. The molecule has 0 aliphatic carbocycles. The maximum atomic E-state index is 12.2. The molecule has 0 aromatic carbocycles. The first-order valence-corrected chi connectivity index (χ1v) is 8.86. The third kappa shape index (κ3) is 4.05. The Morgan fingerprint density at radius 2 is 2.08 bits per heavy atom. The molecule has 1 aromatic heterocycles. The van der Waals surface area contributed by atoms with Crippen LogP contribution in [0.3, 0.4) is 0 Å². The van der Waals surface area contributed by atoms with Gasteiger partial charge in [0.25, 0.3) is 0 Å². The predicted molar refractivity (Wildman–Crippen MR) is 93.8 cm³/mol. The number of pyridine rings is 1. The number of anilines is 1. The molecule has 2 saturated heterocycles. The van der Waals surface area contributed by atoms with Crippen LogP contribution in [0, 0.1) is 11.8 Å². The Morgan fingerprint density at radius 3 is 2.62 bits per heavy atom. The number of nitrogens with zero attached hydrogens (tertiary/aromatic N) is 2. The van der Waals surface area contributed by atoms with E-state index in [2.05, 4.69) is 34.4 Å². The average Bonchev–Trinajstić information content (AvgIpc) is 2.50. The van der Waals surface area contributed by atoms with E-state index in [0.29, 0.717) is 12.5 Å². The number of carbonyl (C=O) groups excluding carboxylic acids is 1. The van der Waals surface area contributed by atoms with Crippen molar-refractivity contribution in [2.45, 2.75) is 39.5 Å². The van der Waals surface area contributed by atoms with E-state index in [0.717, 1.165) is 37.6 Å². The fourth-order valence-electron chi connectivity index (χ4n) is 3.30. The van der Waals surface area contributed by atoms with E-state index in [-0.39, 0.29) is 24.0 Å². The minimum absolute atomic E-state index is 0.0646. The van der Waals surface area contributed by atoms with Crippen LogP contribution < -0.4 is 15.5 Å². The van der Waals surface area contributed by atoms with E-state index in [1.165, 1.54) is 0 Å². The summed E-state index contributed by atoms with van der Waals surface area (Å²) in [5, 5.41) is 6.23. The van der Waals surface area contributed by atoms with Crippen molar-refractivity contribution in [1.29, 1.82) is 0 Å². The lowest BCUT2D eigenvalue weighted by Gasteiger charge is -2.36. The Balaban J connectivity index is 1.51. The van der Waals surface area contributed by atoms with Gasteiger partial charge in [0.15, 0.2) is 0 Å².